The molecule has 0 atom stereocenters. The van der Waals surface area contributed by atoms with Crippen molar-refractivity contribution in [1.29, 1.82) is 0 Å². The normalized spacial score (nSPS) is 11.1. The topological polar surface area (TPSA) is 68.5 Å². The molecule has 1 N–H and O–H groups in total. The van der Waals surface area contributed by atoms with Gasteiger partial charge in [0, 0.05) is 7.11 Å². The third kappa shape index (κ3) is 2.74. The smallest absolute Gasteiger partial charge is 0.235 e. The number of aromatic nitrogens is 3. The number of carbonyl (C=O) groups is 1. The van der Waals surface area contributed by atoms with Crippen LogP contribution in [0, 0.1) is 0 Å². The predicted octanol–water partition coefficient (Wildman–Crippen LogP) is 1.45. The van der Waals surface area contributed by atoms with Crippen LogP contribution in [-0.2, 0) is 22.7 Å². The first-order chi connectivity index (χ1) is 8.65. The van der Waals surface area contributed by atoms with Crippen molar-refractivity contribution in [3.05, 3.63) is 15.9 Å². The van der Waals surface area contributed by atoms with Gasteiger partial charge in [0.25, 0.3) is 0 Å². The third-order valence-electron chi connectivity index (χ3n) is 2.10. The van der Waals surface area contributed by atoms with E-state index in [0.717, 1.165) is 5.01 Å². The van der Waals surface area contributed by atoms with Crippen LogP contribution in [0.25, 0.3) is 4.96 Å². The minimum Gasteiger partial charge on any atom is -0.377 e. The number of halogens is 2. The van der Waals surface area contributed by atoms with E-state index in [4.69, 9.17) is 27.9 Å². The number of carbonyl (C=O) groups excluding carboxylic acids is 1. The van der Waals surface area contributed by atoms with Gasteiger partial charge in [-0.3, -0.25) is 4.79 Å². The van der Waals surface area contributed by atoms with Crippen molar-refractivity contribution in [2.75, 3.05) is 13.0 Å². The second-order valence-electron chi connectivity index (χ2n) is 3.38. The Kier molecular flexibility index (Phi) is 4.39. The van der Waals surface area contributed by atoms with E-state index in [2.05, 4.69) is 15.4 Å². The van der Waals surface area contributed by atoms with Crippen molar-refractivity contribution in [3.8, 4) is 0 Å². The van der Waals surface area contributed by atoms with Gasteiger partial charge in [-0.1, -0.05) is 22.9 Å². The maximum absolute atomic E-state index is 11.0. The second-order valence-corrected chi connectivity index (χ2v) is 5.05. The van der Waals surface area contributed by atoms with Crippen LogP contribution in [0.15, 0.2) is 0 Å². The highest BCUT2D eigenvalue weighted by Gasteiger charge is 2.15. The van der Waals surface area contributed by atoms with E-state index in [9.17, 15) is 4.79 Å². The lowest BCUT2D eigenvalue weighted by Gasteiger charge is -1.99. The average Bonchev–Trinajstić information content (AvgIpc) is 2.87. The first kappa shape index (κ1) is 13.5. The first-order valence-electron chi connectivity index (χ1n) is 5.00. The Balaban J connectivity index is 2.18. The second kappa shape index (κ2) is 5.83. The summed E-state index contributed by atoms with van der Waals surface area (Å²) in [4.78, 5) is 16.0. The van der Waals surface area contributed by atoms with E-state index in [-0.39, 0.29) is 18.3 Å². The monoisotopic (exact) mass is 308 g/mol. The lowest BCUT2D eigenvalue weighted by atomic mass is 10.4. The van der Waals surface area contributed by atoms with Crippen molar-refractivity contribution < 1.29 is 9.53 Å². The number of rotatable bonds is 5. The summed E-state index contributed by atoms with van der Waals surface area (Å²) in [6, 6.07) is 0. The molecule has 2 rings (SSSR count). The summed E-state index contributed by atoms with van der Waals surface area (Å²) in [5, 5.41) is 8.03. The van der Waals surface area contributed by atoms with Crippen molar-refractivity contribution >= 4 is 45.4 Å². The molecule has 9 heteroatoms. The van der Waals surface area contributed by atoms with Crippen LogP contribution in [0.1, 0.15) is 10.7 Å². The van der Waals surface area contributed by atoms with Crippen LogP contribution in [-0.4, -0.2) is 33.5 Å². The molecule has 0 spiro atoms. The fourth-order valence-electron chi connectivity index (χ4n) is 1.33. The first-order valence-corrected chi connectivity index (χ1v) is 6.73. The minimum atomic E-state index is -0.267. The van der Waals surface area contributed by atoms with E-state index in [1.165, 1.54) is 15.9 Å². The van der Waals surface area contributed by atoms with Crippen molar-refractivity contribution in [1.82, 2.24) is 19.9 Å². The Morgan fingerprint density at radius 1 is 1.61 bits per heavy atom. The van der Waals surface area contributed by atoms with Gasteiger partial charge < -0.3 is 10.1 Å². The highest BCUT2D eigenvalue weighted by molar-refractivity contribution is 7.16. The zero-order chi connectivity index (χ0) is 13.1. The average molecular weight is 309 g/mol. The summed E-state index contributed by atoms with van der Waals surface area (Å²) in [6.45, 7) is 0.656. The number of nitrogens with zero attached hydrogens (tertiary/aromatic N) is 3. The molecule has 0 radical (unpaired) electrons. The molecule has 0 aromatic carbocycles. The highest BCUT2D eigenvalue weighted by Crippen LogP contribution is 2.22. The van der Waals surface area contributed by atoms with E-state index in [0.29, 0.717) is 22.4 Å². The molecule has 0 unspecified atom stereocenters. The van der Waals surface area contributed by atoms with Gasteiger partial charge in [-0.25, -0.2) is 4.98 Å². The van der Waals surface area contributed by atoms with Gasteiger partial charge >= 0.3 is 0 Å². The molecule has 0 saturated carbocycles. The number of methoxy groups -OCH3 is 1. The summed E-state index contributed by atoms with van der Waals surface area (Å²) in [6.07, 6.45) is 0. The zero-order valence-corrected chi connectivity index (χ0v) is 11.8. The van der Waals surface area contributed by atoms with Crippen LogP contribution in [0.2, 0.25) is 5.15 Å². The van der Waals surface area contributed by atoms with Crippen LogP contribution in [0.5, 0.6) is 0 Å². The molecule has 2 heterocycles. The van der Waals surface area contributed by atoms with Gasteiger partial charge in [0.1, 0.15) is 16.6 Å². The lowest BCUT2D eigenvalue weighted by Crippen LogP contribution is -2.24. The van der Waals surface area contributed by atoms with Gasteiger partial charge in [0.15, 0.2) is 5.15 Å². The largest absolute Gasteiger partial charge is 0.377 e. The maximum Gasteiger partial charge on any atom is 0.235 e. The van der Waals surface area contributed by atoms with Gasteiger partial charge in [-0.05, 0) is 0 Å². The van der Waals surface area contributed by atoms with E-state index in [1.54, 1.807) is 7.11 Å². The lowest BCUT2D eigenvalue weighted by molar-refractivity contribution is -0.118. The summed E-state index contributed by atoms with van der Waals surface area (Å²) in [7, 11) is 1.60. The van der Waals surface area contributed by atoms with Crippen molar-refractivity contribution in [3.63, 3.8) is 0 Å². The molecular formula is C9H10Cl2N4O2S. The molecule has 2 aromatic heterocycles. The molecule has 0 bridgehead atoms. The quantitative estimate of drug-likeness (QED) is 0.849. The maximum atomic E-state index is 11.0. The zero-order valence-electron chi connectivity index (χ0n) is 9.44. The standard InChI is InChI=1S/C9H10Cl2N4O2S/c1-17-4-7-14-15-8(11)5(13-9(15)18-7)3-12-6(16)2-10/h2-4H2,1H3,(H,12,16). The van der Waals surface area contributed by atoms with Gasteiger partial charge in [-0.2, -0.15) is 9.61 Å². The number of hydrogen-bond donors (Lipinski definition) is 1. The van der Waals surface area contributed by atoms with Gasteiger partial charge in [0.2, 0.25) is 10.9 Å². The Hall–Kier alpha value is -0.890. The predicted molar refractivity (Wildman–Crippen MR) is 69.2 cm³/mol. The summed E-state index contributed by atoms with van der Waals surface area (Å²) >= 11 is 12.9. The Bertz CT molecular complexity index is 568. The van der Waals surface area contributed by atoms with Crippen LogP contribution in [0.4, 0.5) is 0 Å². The molecule has 0 saturated heterocycles. The third-order valence-corrected chi connectivity index (χ3v) is 3.60. The van der Waals surface area contributed by atoms with E-state index >= 15 is 0 Å². The number of nitrogens with one attached hydrogen (secondary N) is 1. The van der Waals surface area contributed by atoms with Gasteiger partial charge in [0.05, 0.1) is 13.2 Å². The number of fused-ring (bicyclic) bond motifs is 1. The fraction of sp³-hybridized carbons (Fsp3) is 0.444. The number of ether oxygens (including phenoxy) is 1. The minimum absolute atomic E-state index is 0.0872. The molecule has 18 heavy (non-hydrogen) atoms. The summed E-state index contributed by atoms with van der Waals surface area (Å²) in [5.74, 6) is -0.354. The summed E-state index contributed by atoms with van der Waals surface area (Å²) in [5.41, 5.74) is 0.567. The number of hydrogen-bond acceptors (Lipinski definition) is 5. The molecule has 98 valence electrons. The van der Waals surface area contributed by atoms with Gasteiger partial charge in [-0.15, -0.1) is 11.6 Å². The molecule has 0 aliphatic rings. The highest BCUT2D eigenvalue weighted by atomic mass is 35.5. The Morgan fingerprint density at radius 2 is 2.39 bits per heavy atom. The molecule has 1 amide bonds. The SMILES string of the molecule is COCc1nn2c(Cl)c(CNC(=O)CCl)nc2s1. The van der Waals surface area contributed by atoms with E-state index < -0.39 is 0 Å². The van der Waals surface area contributed by atoms with E-state index in [1.807, 2.05) is 0 Å². The molecule has 2 aromatic rings. The number of alkyl halides is 1. The van der Waals surface area contributed by atoms with Crippen LogP contribution >= 0.6 is 34.5 Å². The number of imidazole rings is 1. The Labute approximate surface area is 117 Å². The fourth-order valence-corrected chi connectivity index (χ4v) is 2.58. The molecule has 0 fully saturated rings. The number of amides is 1. The van der Waals surface area contributed by atoms with Crippen LogP contribution < -0.4 is 5.32 Å². The van der Waals surface area contributed by atoms with Crippen molar-refractivity contribution in [2.45, 2.75) is 13.2 Å². The van der Waals surface area contributed by atoms with Crippen LogP contribution in [0.3, 0.4) is 0 Å². The Morgan fingerprint density at radius 3 is 3.00 bits per heavy atom. The van der Waals surface area contributed by atoms with Crippen molar-refractivity contribution in [2.24, 2.45) is 0 Å². The molecule has 0 aliphatic heterocycles. The molecule has 0 aliphatic carbocycles. The summed E-state index contributed by atoms with van der Waals surface area (Å²) < 4.78 is 6.51. The molecule has 6 nitrogen and oxygen atoms in total. The molecular weight excluding hydrogens is 299 g/mol.